The molecule has 2 atom stereocenters. The van der Waals surface area contributed by atoms with E-state index in [0.717, 1.165) is 0 Å². The standard InChI is InChI=1S/C12H13NO4/c14-12(17-9-5-2-1-3-6-9)10-7-4-8-11(10)13(15)16/h1-3,5-6,10-11H,4,7-8H2. The highest BCUT2D eigenvalue weighted by Gasteiger charge is 2.42. The highest BCUT2D eigenvalue weighted by molar-refractivity contribution is 5.76. The minimum atomic E-state index is -0.786. The van der Waals surface area contributed by atoms with Crippen LogP contribution in [0, 0.1) is 16.0 Å². The van der Waals surface area contributed by atoms with Gasteiger partial charge >= 0.3 is 5.97 Å². The van der Waals surface area contributed by atoms with Crippen LogP contribution in [0.3, 0.4) is 0 Å². The Labute approximate surface area is 98.5 Å². The topological polar surface area (TPSA) is 69.4 Å². The molecule has 2 unspecified atom stereocenters. The first-order valence-electron chi connectivity index (χ1n) is 5.58. The maximum atomic E-state index is 11.8. The Morgan fingerprint density at radius 1 is 1.29 bits per heavy atom. The van der Waals surface area contributed by atoms with E-state index >= 15 is 0 Å². The molecule has 2 rings (SSSR count). The minimum absolute atomic E-state index is 0.371. The normalized spacial score (nSPS) is 23.3. The van der Waals surface area contributed by atoms with Crippen molar-refractivity contribution in [2.45, 2.75) is 25.3 Å². The number of esters is 1. The van der Waals surface area contributed by atoms with Crippen molar-refractivity contribution in [3.05, 3.63) is 40.4 Å². The van der Waals surface area contributed by atoms with E-state index in [2.05, 4.69) is 0 Å². The fraction of sp³-hybridized carbons (Fsp3) is 0.417. The van der Waals surface area contributed by atoms with Crippen molar-refractivity contribution in [2.75, 3.05) is 0 Å². The lowest BCUT2D eigenvalue weighted by molar-refractivity contribution is -0.526. The number of hydrogen-bond acceptors (Lipinski definition) is 4. The van der Waals surface area contributed by atoms with Gasteiger partial charge in [-0.25, -0.2) is 0 Å². The molecule has 1 aromatic carbocycles. The molecular weight excluding hydrogens is 222 g/mol. The predicted octanol–water partition coefficient (Wildman–Crippen LogP) is 2.04. The van der Waals surface area contributed by atoms with E-state index in [1.165, 1.54) is 0 Å². The van der Waals surface area contributed by atoms with Gasteiger partial charge in [0.1, 0.15) is 11.7 Å². The van der Waals surface area contributed by atoms with E-state index in [4.69, 9.17) is 4.74 Å². The summed E-state index contributed by atoms with van der Waals surface area (Å²) in [5.74, 6) is -0.660. The quantitative estimate of drug-likeness (QED) is 0.348. The van der Waals surface area contributed by atoms with Gasteiger partial charge in [-0.3, -0.25) is 14.9 Å². The number of carbonyl (C=O) groups is 1. The second-order valence-electron chi connectivity index (χ2n) is 4.12. The second-order valence-corrected chi connectivity index (χ2v) is 4.12. The SMILES string of the molecule is O=C(Oc1ccccc1)C1CCCC1[N+](=O)[O-]. The van der Waals surface area contributed by atoms with Gasteiger partial charge in [0.2, 0.25) is 6.04 Å². The van der Waals surface area contributed by atoms with E-state index in [1.54, 1.807) is 24.3 Å². The largest absolute Gasteiger partial charge is 0.426 e. The van der Waals surface area contributed by atoms with Gasteiger partial charge in [-0.15, -0.1) is 0 Å². The molecule has 0 saturated heterocycles. The molecule has 5 nitrogen and oxygen atoms in total. The van der Waals surface area contributed by atoms with Crippen LogP contribution in [0.1, 0.15) is 19.3 Å². The van der Waals surface area contributed by atoms with Crippen molar-refractivity contribution in [2.24, 2.45) is 5.92 Å². The minimum Gasteiger partial charge on any atom is -0.426 e. The first-order valence-corrected chi connectivity index (χ1v) is 5.58. The van der Waals surface area contributed by atoms with Crippen LogP contribution in [0.5, 0.6) is 5.75 Å². The Morgan fingerprint density at radius 3 is 2.65 bits per heavy atom. The lowest BCUT2D eigenvalue weighted by atomic mass is 10.1. The molecule has 1 aliphatic rings. The molecule has 1 saturated carbocycles. The number of benzene rings is 1. The van der Waals surface area contributed by atoms with Crippen molar-refractivity contribution in [1.29, 1.82) is 0 Å². The first-order chi connectivity index (χ1) is 8.18. The Hall–Kier alpha value is -1.91. The molecule has 1 aliphatic carbocycles. The van der Waals surface area contributed by atoms with Gasteiger partial charge in [0.25, 0.3) is 0 Å². The van der Waals surface area contributed by atoms with Gasteiger partial charge in [-0.1, -0.05) is 18.2 Å². The van der Waals surface area contributed by atoms with E-state index in [0.29, 0.717) is 25.0 Å². The molecule has 1 aromatic rings. The summed E-state index contributed by atoms with van der Waals surface area (Å²) in [6.45, 7) is 0. The van der Waals surface area contributed by atoms with Gasteiger partial charge in [0.15, 0.2) is 0 Å². The summed E-state index contributed by atoms with van der Waals surface area (Å²) in [5.41, 5.74) is 0. The van der Waals surface area contributed by atoms with Crippen LogP contribution in [0.25, 0.3) is 0 Å². The average Bonchev–Trinajstić information content (AvgIpc) is 2.79. The lowest BCUT2D eigenvalue weighted by Crippen LogP contribution is -2.32. The Kier molecular flexibility index (Phi) is 3.37. The third kappa shape index (κ3) is 2.61. The first kappa shape index (κ1) is 11.6. The van der Waals surface area contributed by atoms with Crippen LogP contribution in [-0.4, -0.2) is 16.9 Å². The molecule has 5 heteroatoms. The van der Waals surface area contributed by atoms with Crippen LogP contribution in [-0.2, 0) is 4.79 Å². The summed E-state index contributed by atoms with van der Waals surface area (Å²) in [6.07, 6.45) is 1.71. The van der Waals surface area contributed by atoms with Crippen molar-refractivity contribution in [1.82, 2.24) is 0 Å². The average molecular weight is 235 g/mol. The van der Waals surface area contributed by atoms with Crippen LogP contribution < -0.4 is 4.74 Å². The molecule has 0 aromatic heterocycles. The lowest BCUT2D eigenvalue weighted by Gasteiger charge is -2.11. The number of rotatable bonds is 3. The summed E-state index contributed by atoms with van der Waals surface area (Å²) in [7, 11) is 0. The fourth-order valence-electron chi connectivity index (χ4n) is 2.15. The highest BCUT2D eigenvalue weighted by atomic mass is 16.6. The molecule has 0 radical (unpaired) electrons. The number of hydrogen-bond donors (Lipinski definition) is 0. The molecule has 1 fully saturated rings. The van der Waals surface area contributed by atoms with Crippen molar-refractivity contribution in [3.8, 4) is 5.75 Å². The zero-order valence-electron chi connectivity index (χ0n) is 9.24. The Morgan fingerprint density at radius 2 is 2.00 bits per heavy atom. The summed E-state index contributed by atoms with van der Waals surface area (Å²) in [6, 6.07) is 7.85. The second kappa shape index (κ2) is 4.95. The zero-order valence-corrected chi connectivity index (χ0v) is 9.24. The van der Waals surface area contributed by atoms with Crippen LogP contribution in [0.15, 0.2) is 30.3 Å². The van der Waals surface area contributed by atoms with E-state index < -0.39 is 17.9 Å². The van der Waals surface area contributed by atoms with Gasteiger partial charge in [0.05, 0.1) is 0 Å². The maximum Gasteiger partial charge on any atom is 0.321 e. The molecule has 0 N–H and O–H groups in total. The van der Waals surface area contributed by atoms with Gasteiger partial charge in [-0.05, 0) is 25.0 Å². The van der Waals surface area contributed by atoms with E-state index in [-0.39, 0.29) is 4.92 Å². The highest BCUT2D eigenvalue weighted by Crippen LogP contribution is 2.29. The Balaban J connectivity index is 2.03. The summed E-state index contributed by atoms with van der Waals surface area (Å²) in [5, 5.41) is 10.8. The van der Waals surface area contributed by atoms with Crippen LogP contribution >= 0.6 is 0 Å². The molecule has 17 heavy (non-hydrogen) atoms. The molecule has 90 valence electrons. The third-order valence-electron chi connectivity index (χ3n) is 3.01. The summed E-state index contributed by atoms with van der Waals surface area (Å²) >= 11 is 0. The van der Waals surface area contributed by atoms with Gasteiger partial charge in [-0.2, -0.15) is 0 Å². The molecule has 0 bridgehead atoms. The number of para-hydroxylation sites is 1. The number of nitrogens with zero attached hydrogens (tertiary/aromatic N) is 1. The van der Waals surface area contributed by atoms with Crippen molar-refractivity contribution >= 4 is 5.97 Å². The van der Waals surface area contributed by atoms with Crippen molar-refractivity contribution < 1.29 is 14.5 Å². The zero-order chi connectivity index (χ0) is 12.3. The van der Waals surface area contributed by atoms with Gasteiger partial charge in [0, 0.05) is 11.3 Å². The summed E-state index contributed by atoms with van der Waals surface area (Å²) in [4.78, 5) is 22.2. The Bertz CT molecular complexity index is 418. The monoisotopic (exact) mass is 235 g/mol. The number of nitro groups is 1. The smallest absolute Gasteiger partial charge is 0.321 e. The predicted molar refractivity (Wildman–Crippen MR) is 60.2 cm³/mol. The van der Waals surface area contributed by atoms with Crippen LogP contribution in [0.4, 0.5) is 0 Å². The van der Waals surface area contributed by atoms with Crippen LogP contribution in [0.2, 0.25) is 0 Å². The molecule has 0 aliphatic heterocycles. The van der Waals surface area contributed by atoms with Gasteiger partial charge < -0.3 is 4.74 Å². The fourth-order valence-corrected chi connectivity index (χ4v) is 2.15. The molecule has 0 heterocycles. The van der Waals surface area contributed by atoms with E-state index in [1.807, 2.05) is 6.07 Å². The van der Waals surface area contributed by atoms with Crippen molar-refractivity contribution in [3.63, 3.8) is 0 Å². The molecule has 0 amide bonds. The number of ether oxygens (including phenoxy) is 1. The van der Waals surface area contributed by atoms with E-state index in [9.17, 15) is 14.9 Å². The molecule has 0 spiro atoms. The summed E-state index contributed by atoms with van der Waals surface area (Å²) < 4.78 is 5.14. The molecular formula is C12H13NO4. The third-order valence-corrected chi connectivity index (χ3v) is 3.01. The number of carbonyl (C=O) groups excluding carboxylic acids is 1. The maximum absolute atomic E-state index is 11.8.